The molecule has 0 aliphatic rings. The lowest BCUT2D eigenvalue weighted by Crippen LogP contribution is -2.32. The van der Waals surface area contributed by atoms with E-state index in [4.69, 9.17) is 23.1 Å². The molecule has 1 rings (SSSR count). The Balaban J connectivity index is 2.93. The van der Waals surface area contributed by atoms with E-state index in [1.54, 1.807) is 6.20 Å². The van der Waals surface area contributed by atoms with Crippen LogP contribution >= 0.6 is 12.2 Å². The van der Waals surface area contributed by atoms with Crippen molar-refractivity contribution in [2.75, 3.05) is 18.1 Å². The Kier molecular flexibility index (Phi) is 5.31. The first kappa shape index (κ1) is 13.9. The second-order valence-electron chi connectivity index (χ2n) is 4.13. The van der Waals surface area contributed by atoms with Crippen molar-refractivity contribution in [2.24, 2.45) is 5.73 Å². The van der Waals surface area contributed by atoms with Gasteiger partial charge >= 0.3 is 0 Å². The molecule has 5 heteroatoms. The zero-order valence-electron chi connectivity index (χ0n) is 10.3. The highest BCUT2D eigenvalue weighted by Gasteiger charge is 2.11. The van der Waals surface area contributed by atoms with Crippen LogP contribution in [-0.2, 0) is 0 Å². The minimum atomic E-state index is 0.191. The standard InChI is InChI=1S/C12H19N3OS/c1-9(2)15(6-3-7-16)10-4-5-14-11(8-10)12(13)17/h4-5,8-9,16H,3,6-7H2,1-2H3,(H2,13,17). The number of thiocarbonyl (C=S) groups is 1. The molecule has 3 N–H and O–H groups in total. The highest BCUT2D eigenvalue weighted by atomic mass is 32.1. The Morgan fingerprint density at radius 3 is 2.82 bits per heavy atom. The number of nitrogens with zero attached hydrogens (tertiary/aromatic N) is 2. The number of aromatic nitrogens is 1. The molecule has 94 valence electrons. The number of rotatable bonds is 6. The van der Waals surface area contributed by atoms with Crippen LogP contribution in [0.5, 0.6) is 0 Å². The molecule has 0 amide bonds. The highest BCUT2D eigenvalue weighted by molar-refractivity contribution is 7.80. The van der Waals surface area contributed by atoms with Gasteiger partial charge in [0.2, 0.25) is 0 Å². The molecule has 0 fully saturated rings. The molecule has 0 aromatic carbocycles. The summed E-state index contributed by atoms with van der Waals surface area (Å²) in [5.74, 6) is 0. The van der Waals surface area contributed by atoms with Gasteiger partial charge in [-0.25, -0.2) is 0 Å². The summed E-state index contributed by atoms with van der Waals surface area (Å²) in [5, 5.41) is 8.91. The average Bonchev–Trinajstić information content (AvgIpc) is 2.29. The predicted octanol–water partition coefficient (Wildman–Crippen LogP) is 1.31. The van der Waals surface area contributed by atoms with Gasteiger partial charge < -0.3 is 15.7 Å². The predicted molar refractivity (Wildman–Crippen MR) is 74.3 cm³/mol. The van der Waals surface area contributed by atoms with E-state index in [1.165, 1.54) is 0 Å². The molecule has 0 spiro atoms. The number of pyridine rings is 1. The highest BCUT2D eigenvalue weighted by Crippen LogP contribution is 2.17. The molecule has 0 saturated carbocycles. The monoisotopic (exact) mass is 253 g/mol. The van der Waals surface area contributed by atoms with Crippen molar-refractivity contribution >= 4 is 22.9 Å². The Labute approximate surface area is 107 Å². The van der Waals surface area contributed by atoms with Crippen molar-refractivity contribution in [3.05, 3.63) is 24.0 Å². The fourth-order valence-corrected chi connectivity index (χ4v) is 1.77. The topological polar surface area (TPSA) is 62.4 Å². The minimum absolute atomic E-state index is 0.191. The van der Waals surface area contributed by atoms with Crippen molar-refractivity contribution in [1.29, 1.82) is 0 Å². The normalized spacial score (nSPS) is 10.6. The largest absolute Gasteiger partial charge is 0.396 e. The van der Waals surface area contributed by atoms with Crippen molar-refractivity contribution in [3.8, 4) is 0 Å². The molecule has 0 radical (unpaired) electrons. The minimum Gasteiger partial charge on any atom is -0.396 e. The summed E-state index contributed by atoms with van der Waals surface area (Å²) >= 11 is 4.92. The van der Waals surface area contributed by atoms with Crippen molar-refractivity contribution in [2.45, 2.75) is 26.3 Å². The van der Waals surface area contributed by atoms with E-state index >= 15 is 0 Å². The van der Waals surface area contributed by atoms with Gasteiger partial charge in [-0.2, -0.15) is 0 Å². The number of nitrogens with two attached hydrogens (primary N) is 1. The van der Waals surface area contributed by atoms with E-state index in [9.17, 15) is 0 Å². The van der Waals surface area contributed by atoms with Gasteiger partial charge in [0.05, 0.1) is 5.69 Å². The lowest BCUT2D eigenvalue weighted by molar-refractivity contribution is 0.288. The zero-order chi connectivity index (χ0) is 12.8. The van der Waals surface area contributed by atoms with E-state index in [0.717, 1.165) is 18.7 Å². The van der Waals surface area contributed by atoms with Crippen LogP contribution in [0, 0.1) is 0 Å². The summed E-state index contributed by atoms with van der Waals surface area (Å²) in [4.78, 5) is 6.62. The second kappa shape index (κ2) is 6.51. The van der Waals surface area contributed by atoms with E-state index in [-0.39, 0.29) is 6.61 Å². The average molecular weight is 253 g/mol. The first-order valence-electron chi connectivity index (χ1n) is 5.69. The summed E-state index contributed by atoms with van der Waals surface area (Å²) in [6.07, 6.45) is 2.45. The molecular weight excluding hydrogens is 234 g/mol. The third-order valence-electron chi connectivity index (χ3n) is 2.51. The molecule has 4 nitrogen and oxygen atoms in total. The first-order valence-corrected chi connectivity index (χ1v) is 6.10. The van der Waals surface area contributed by atoms with Gasteiger partial charge in [-0.05, 0) is 32.4 Å². The Bertz CT molecular complexity index is 382. The van der Waals surface area contributed by atoms with Crippen LogP contribution in [0.3, 0.4) is 0 Å². The maximum absolute atomic E-state index is 8.91. The quantitative estimate of drug-likeness (QED) is 0.749. The van der Waals surface area contributed by atoms with Crippen molar-refractivity contribution in [1.82, 2.24) is 4.98 Å². The van der Waals surface area contributed by atoms with Gasteiger partial charge in [0.15, 0.2) is 0 Å². The van der Waals surface area contributed by atoms with Crippen LogP contribution in [-0.4, -0.2) is 34.3 Å². The first-order chi connectivity index (χ1) is 8.06. The third kappa shape index (κ3) is 3.94. The Morgan fingerprint density at radius 2 is 2.29 bits per heavy atom. The maximum Gasteiger partial charge on any atom is 0.122 e. The maximum atomic E-state index is 8.91. The van der Waals surface area contributed by atoms with Crippen LogP contribution in [0.4, 0.5) is 5.69 Å². The van der Waals surface area contributed by atoms with Gasteiger partial charge in [-0.1, -0.05) is 12.2 Å². The fourth-order valence-electron chi connectivity index (χ4n) is 1.66. The number of hydrogen-bond donors (Lipinski definition) is 2. The van der Waals surface area contributed by atoms with Crippen molar-refractivity contribution < 1.29 is 5.11 Å². The van der Waals surface area contributed by atoms with Crippen LogP contribution < -0.4 is 10.6 Å². The molecule has 0 saturated heterocycles. The van der Waals surface area contributed by atoms with E-state index in [2.05, 4.69) is 23.7 Å². The van der Waals surface area contributed by atoms with Crippen LogP contribution in [0.25, 0.3) is 0 Å². The van der Waals surface area contributed by atoms with Crippen molar-refractivity contribution in [3.63, 3.8) is 0 Å². The number of aliphatic hydroxyl groups is 1. The SMILES string of the molecule is CC(C)N(CCCO)c1ccnc(C(N)=S)c1. The molecule has 0 atom stereocenters. The van der Waals surface area contributed by atoms with E-state index < -0.39 is 0 Å². The molecule has 0 bridgehead atoms. The zero-order valence-corrected chi connectivity index (χ0v) is 11.1. The lowest BCUT2D eigenvalue weighted by atomic mass is 10.2. The van der Waals surface area contributed by atoms with Gasteiger partial charge in [0.25, 0.3) is 0 Å². The lowest BCUT2D eigenvalue weighted by Gasteiger charge is -2.29. The third-order valence-corrected chi connectivity index (χ3v) is 2.72. The molecule has 0 aliphatic heterocycles. The van der Waals surface area contributed by atoms with Crippen LogP contribution in [0.2, 0.25) is 0 Å². The van der Waals surface area contributed by atoms with E-state index in [1.807, 2.05) is 12.1 Å². The Morgan fingerprint density at radius 1 is 1.59 bits per heavy atom. The van der Waals surface area contributed by atoms with E-state index in [0.29, 0.717) is 16.7 Å². The number of anilines is 1. The summed E-state index contributed by atoms with van der Waals surface area (Å²) in [7, 11) is 0. The summed E-state index contributed by atoms with van der Waals surface area (Å²) in [6, 6.07) is 4.17. The van der Waals surface area contributed by atoms with Crippen LogP contribution in [0.1, 0.15) is 26.0 Å². The Hall–Kier alpha value is -1.20. The molecule has 0 unspecified atom stereocenters. The number of hydrogen-bond acceptors (Lipinski definition) is 4. The van der Waals surface area contributed by atoms with Gasteiger partial charge in [-0.3, -0.25) is 4.98 Å². The fraction of sp³-hybridized carbons (Fsp3) is 0.500. The molecular formula is C12H19N3OS. The summed E-state index contributed by atoms with van der Waals surface area (Å²) in [6.45, 7) is 5.21. The molecule has 1 heterocycles. The van der Waals surface area contributed by atoms with Gasteiger partial charge in [0, 0.05) is 31.1 Å². The summed E-state index contributed by atoms with van der Waals surface area (Å²) in [5.41, 5.74) is 7.23. The second-order valence-corrected chi connectivity index (χ2v) is 4.57. The molecule has 17 heavy (non-hydrogen) atoms. The van der Waals surface area contributed by atoms with Gasteiger partial charge in [-0.15, -0.1) is 0 Å². The smallest absolute Gasteiger partial charge is 0.122 e. The number of aliphatic hydroxyl groups excluding tert-OH is 1. The summed E-state index contributed by atoms with van der Waals surface area (Å²) < 4.78 is 0. The molecule has 1 aromatic heterocycles. The molecule has 0 aliphatic carbocycles. The molecule has 1 aromatic rings. The van der Waals surface area contributed by atoms with Crippen LogP contribution in [0.15, 0.2) is 18.3 Å². The van der Waals surface area contributed by atoms with Gasteiger partial charge in [0.1, 0.15) is 4.99 Å².